The van der Waals surface area contributed by atoms with Crippen LogP contribution in [0.25, 0.3) is 11.4 Å². The zero-order valence-corrected chi connectivity index (χ0v) is 17.8. The Morgan fingerprint density at radius 3 is 2.43 bits per heavy atom. The van der Waals surface area contributed by atoms with E-state index in [1.807, 2.05) is 35.2 Å². The number of nitrogens with zero attached hydrogens (tertiary/aromatic N) is 4. The summed E-state index contributed by atoms with van der Waals surface area (Å²) in [7, 11) is 0. The Morgan fingerprint density at radius 2 is 1.77 bits per heavy atom. The normalized spacial score (nSPS) is 13.9. The summed E-state index contributed by atoms with van der Waals surface area (Å²) >= 11 is 1.10. The second-order valence-electron chi connectivity index (χ2n) is 7.20. The van der Waals surface area contributed by atoms with Crippen LogP contribution in [0.15, 0.2) is 48.7 Å². The van der Waals surface area contributed by atoms with Gasteiger partial charge in [0.1, 0.15) is 10.6 Å². The fourth-order valence-electron chi connectivity index (χ4n) is 3.62. The summed E-state index contributed by atoms with van der Waals surface area (Å²) in [6.07, 6.45) is 1.67. The third kappa shape index (κ3) is 4.04. The Balaban J connectivity index is 1.55. The molecule has 2 amide bonds. The van der Waals surface area contributed by atoms with Crippen LogP contribution in [-0.2, 0) is 4.79 Å². The molecule has 0 radical (unpaired) electrons. The highest BCUT2D eigenvalue weighted by molar-refractivity contribution is 7.09. The minimum Gasteiger partial charge on any atom is -0.368 e. The molecule has 2 aromatic heterocycles. The molecule has 1 N–H and O–H groups in total. The highest BCUT2D eigenvalue weighted by Crippen LogP contribution is 2.33. The number of amides is 2. The van der Waals surface area contributed by atoms with Crippen molar-refractivity contribution in [2.24, 2.45) is 0 Å². The van der Waals surface area contributed by atoms with Crippen LogP contribution >= 0.6 is 11.5 Å². The van der Waals surface area contributed by atoms with Crippen molar-refractivity contribution in [2.75, 3.05) is 36.4 Å². The van der Waals surface area contributed by atoms with Crippen molar-refractivity contribution in [3.05, 3.63) is 59.1 Å². The SMILES string of the molecule is CC(=O)Nc1c(-c2ccccn2)nsc1C(=O)N1CCN(c2ccccc2C)CC1. The van der Waals surface area contributed by atoms with Gasteiger partial charge in [0.2, 0.25) is 5.91 Å². The van der Waals surface area contributed by atoms with Gasteiger partial charge in [-0.05, 0) is 42.2 Å². The van der Waals surface area contributed by atoms with E-state index in [2.05, 4.69) is 38.6 Å². The summed E-state index contributed by atoms with van der Waals surface area (Å²) in [4.78, 5) is 33.9. The molecule has 154 valence electrons. The van der Waals surface area contributed by atoms with Gasteiger partial charge in [0.15, 0.2) is 0 Å². The first kappa shape index (κ1) is 20.0. The lowest BCUT2D eigenvalue weighted by molar-refractivity contribution is -0.114. The molecule has 3 heterocycles. The van der Waals surface area contributed by atoms with Gasteiger partial charge in [0, 0.05) is 45.0 Å². The summed E-state index contributed by atoms with van der Waals surface area (Å²) in [6, 6.07) is 13.8. The average molecular weight is 422 g/mol. The van der Waals surface area contributed by atoms with E-state index in [9.17, 15) is 9.59 Å². The number of piperazine rings is 1. The molecule has 1 fully saturated rings. The molecule has 8 heteroatoms. The average Bonchev–Trinajstić information content (AvgIpc) is 3.17. The van der Waals surface area contributed by atoms with Crippen LogP contribution in [0.2, 0.25) is 0 Å². The van der Waals surface area contributed by atoms with Crippen LogP contribution in [-0.4, -0.2) is 52.3 Å². The number of carbonyl (C=O) groups excluding carboxylic acids is 2. The van der Waals surface area contributed by atoms with Crippen LogP contribution < -0.4 is 10.2 Å². The molecule has 1 saturated heterocycles. The van der Waals surface area contributed by atoms with Gasteiger partial charge in [-0.1, -0.05) is 24.3 Å². The van der Waals surface area contributed by atoms with Gasteiger partial charge < -0.3 is 15.1 Å². The van der Waals surface area contributed by atoms with Gasteiger partial charge in [-0.25, -0.2) is 0 Å². The maximum absolute atomic E-state index is 13.3. The minimum atomic E-state index is -0.245. The van der Waals surface area contributed by atoms with Crippen molar-refractivity contribution in [1.29, 1.82) is 0 Å². The topological polar surface area (TPSA) is 78.4 Å². The van der Waals surface area contributed by atoms with E-state index in [1.54, 1.807) is 6.20 Å². The Kier molecular flexibility index (Phi) is 5.76. The lowest BCUT2D eigenvalue weighted by Crippen LogP contribution is -2.49. The third-order valence-electron chi connectivity index (χ3n) is 5.12. The highest BCUT2D eigenvalue weighted by Gasteiger charge is 2.28. The second-order valence-corrected chi connectivity index (χ2v) is 7.97. The number of anilines is 2. The summed E-state index contributed by atoms with van der Waals surface area (Å²) in [5, 5.41) is 2.79. The monoisotopic (exact) mass is 421 g/mol. The summed E-state index contributed by atoms with van der Waals surface area (Å²) < 4.78 is 4.44. The molecule has 0 bridgehead atoms. The zero-order valence-electron chi connectivity index (χ0n) is 17.0. The number of benzene rings is 1. The molecular weight excluding hydrogens is 398 g/mol. The maximum atomic E-state index is 13.3. The number of hydrogen-bond acceptors (Lipinski definition) is 6. The Labute approximate surface area is 179 Å². The summed E-state index contributed by atoms with van der Waals surface area (Å²) in [6.45, 7) is 6.28. The molecule has 0 spiro atoms. The predicted molar refractivity (Wildman–Crippen MR) is 119 cm³/mol. The number of carbonyl (C=O) groups is 2. The van der Waals surface area contributed by atoms with Crippen LogP contribution in [0.3, 0.4) is 0 Å². The summed E-state index contributed by atoms with van der Waals surface area (Å²) in [5.41, 5.74) is 4.03. The van der Waals surface area contributed by atoms with Crippen molar-refractivity contribution >= 4 is 34.7 Å². The molecular formula is C22H23N5O2S. The molecule has 0 atom stereocenters. The molecule has 0 saturated carbocycles. The van der Waals surface area contributed by atoms with E-state index in [0.29, 0.717) is 35.0 Å². The predicted octanol–water partition coefficient (Wildman–Crippen LogP) is 3.43. The molecule has 1 aliphatic heterocycles. The summed E-state index contributed by atoms with van der Waals surface area (Å²) in [5.74, 6) is -0.353. The Morgan fingerprint density at radius 1 is 1.03 bits per heavy atom. The van der Waals surface area contributed by atoms with Crippen LogP contribution in [0.1, 0.15) is 22.2 Å². The molecule has 30 heavy (non-hydrogen) atoms. The standard InChI is InChI=1S/C22H23N5O2S/c1-15-7-3-4-9-18(15)26-11-13-27(14-12-26)22(29)21-20(24-16(2)28)19(25-30-21)17-8-5-6-10-23-17/h3-10H,11-14H2,1-2H3,(H,24,28). The maximum Gasteiger partial charge on any atom is 0.267 e. The Hall–Kier alpha value is -3.26. The molecule has 1 aromatic carbocycles. The van der Waals surface area contributed by atoms with Gasteiger partial charge in [-0.15, -0.1) is 0 Å². The molecule has 7 nitrogen and oxygen atoms in total. The smallest absolute Gasteiger partial charge is 0.267 e. The van der Waals surface area contributed by atoms with Crippen molar-refractivity contribution in [2.45, 2.75) is 13.8 Å². The van der Waals surface area contributed by atoms with Gasteiger partial charge in [0.25, 0.3) is 5.91 Å². The number of rotatable bonds is 4. The number of pyridine rings is 1. The third-order valence-corrected chi connectivity index (χ3v) is 5.95. The number of nitrogens with one attached hydrogen (secondary N) is 1. The van der Waals surface area contributed by atoms with Crippen molar-refractivity contribution in [3.8, 4) is 11.4 Å². The number of aryl methyl sites for hydroxylation is 1. The van der Waals surface area contributed by atoms with Gasteiger partial charge in [-0.2, -0.15) is 4.37 Å². The van der Waals surface area contributed by atoms with E-state index in [0.717, 1.165) is 24.6 Å². The molecule has 3 aromatic rings. The van der Waals surface area contributed by atoms with E-state index in [1.165, 1.54) is 18.2 Å². The zero-order chi connectivity index (χ0) is 21.1. The lowest BCUT2D eigenvalue weighted by Gasteiger charge is -2.36. The first-order valence-electron chi connectivity index (χ1n) is 9.83. The van der Waals surface area contributed by atoms with E-state index in [4.69, 9.17) is 0 Å². The van der Waals surface area contributed by atoms with Crippen molar-refractivity contribution < 1.29 is 9.59 Å². The Bertz CT molecular complexity index is 1060. The number of hydrogen-bond donors (Lipinski definition) is 1. The second kappa shape index (κ2) is 8.62. The van der Waals surface area contributed by atoms with Gasteiger partial charge in [-0.3, -0.25) is 14.6 Å². The van der Waals surface area contributed by atoms with Gasteiger partial charge >= 0.3 is 0 Å². The van der Waals surface area contributed by atoms with Gasteiger partial charge in [0.05, 0.1) is 11.4 Å². The highest BCUT2D eigenvalue weighted by atomic mass is 32.1. The first-order chi connectivity index (χ1) is 14.5. The van der Waals surface area contributed by atoms with E-state index < -0.39 is 0 Å². The quantitative estimate of drug-likeness (QED) is 0.698. The molecule has 1 aliphatic rings. The fourth-order valence-corrected chi connectivity index (χ4v) is 4.43. The van der Waals surface area contributed by atoms with Crippen molar-refractivity contribution in [3.63, 3.8) is 0 Å². The van der Waals surface area contributed by atoms with E-state index in [-0.39, 0.29) is 11.8 Å². The molecule has 0 aliphatic carbocycles. The molecule has 0 unspecified atom stereocenters. The van der Waals surface area contributed by atoms with Crippen LogP contribution in [0.4, 0.5) is 11.4 Å². The molecule has 4 rings (SSSR count). The van der Waals surface area contributed by atoms with Crippen LogP contribution in [0.5, 0.6) is 0 Å². The van der Waals surface area contributed by atoms with E-state index >= 15 is 0 Å². The first-order valence-corrected chi connectivity index (χ1v) is 10.6. The number of para-hydroxylation sites is 1. The largest absolute Gasteiger partial charge is 0.368 e. The lowest BCUT2D eigenvalue weighted by atomic mass is 10.1. The van der Waals surface area contributed by atoms with Crippen LogP contribution in [0, 0.1) is 6.92 Å². The fraction of sp³-hybridized carbons (Fsp3) is 0.273. The van der Waals surface area contributed by atoms with Crippen molar-refractivity contribution in [1.82, 2.24) is 14.3 Å². The number of aromatic nitrogens is 2. The minimum absolute atomic E-state index is 0.108.